The molecule has 1 aliphatic rings. The number of hydrogen-bond donors (Lipinski definition) is 0. The Bertz CT molecular complexity index is 532. The lowest BCUT2D eigenvalue weighted by Crippen LogP contribution is -2.62. The van der Waals surface area contributed by atoms with Gasteiger partial charge in [0.05, 0.1) is 12.3 Å². The minimum Gasteiger partial charge on any atom is -0.335 e. The molecule has 1 heterocycles. The maximum absolute atomic E-state index is 12.5. The van der Waals surface area contributed by atoms with E-state index in [-0.39, 0.29) is 37.7 Å². The summed E-state index contributed by atoms with van der Waals surface area (Å²) in [6, 6.07) is 0. The average molecular weight is 359 g/mol. The Kier molecular flexibility index (Phi) is 6.09. The van der Waals surface area contributed by atoms with Crippen LogP contribution in [0.25, 0.3) is 0 Å². The molecule has 1 aliphatic heterocycles. The second kappa shape index (κ2) is 6.94. The third-order valence-corrected chi connectivity index (χ3v) is 5.65. The Morgan fingerprint density at radius 1 is 1.22 bits per heavy atom. The summed E-state index contributed by atoms with van der Waals surface area (Å²) >= 11 is 0. The van der Waals surface area contributed by atoms with Crippen LogP contribution in [-0.2, 0) is 14.8 Å². The Balaban J connectivity index is 2.66. The van der Waals surface area contributed by atoms with Gasteiger partial charge in [-0.2, -0.15) is 13.2 Å². The van der Waals surface area contributed by atoms with Gasteiger partial charge in [-0.15, -0.1) is 0 Å². The van der Waals surface area contributed by atoms with E-state index in [0.717, 1.165) is 4.31 Å². The average Bonchev–Trinajstić information content (AvgIpc) is 2.32. The molecule has 0 radical (unpaired) electrons. The minimum atomic E-state index is -4.28. The first kappa shape index (κ1) is 20.2. The molecule has 0 atom stereocenters. The van der Waals surface area contributed by atoms with Crippen molar-refractivity contribution in [3.8, 4) is 0 Å². The number of nitrogens with zero attached hydrogens (tertiary/aromatic N) is 3. The van der Waals surface area contributed by atoms with Gasteiger partial charge < -0.3 is 4.90 Å². The van der Waals surface area contributed by atoms with Gasteiger partial charge in [0.15, 0.2) is 0 Å². The molecule has 0 aromatic heterocycles. The number of alkyl halides is 3. The predicted molar refractivity (Wildman–Crippen MR) is 80.4 cm³/mol. The number of amides is 1. The zero-order valence-electron chi connectivity index (χ0n) is 13.9. The molecular formula is C13H24F3N3O3S. The van der Waals surface area contributed by atoms with Gasteiger partial charge >= 0.3 is 6.18 Å². The Hall–Kier alpha value is -0.870. The lowest BCUT2D eigenvalue weighted by atomic mass is 9.98. The van der Waals surface area contributed by atoms with Crippen LogP contribution in [0.5, 0.6) is 0 Å². The normalized spacial score (nSPS) is 20.1. The highest BCUT2D eigenvalue weighted by Crippen LogP contribution is 2.25. The van der Waals surface area contributed by atoms with Crippen LogP contribution in [0.15, 0.2) is 0 Å². The van der Waals surface area contributed by atoms with Gasteiger partial charge in [0.25, 0.3) is 0 Å². The van der Waals surface area contributed by atoms with Crippen molar-refractivity contribution in [3.05, 3.63) is 0 Å². The Morgan fingerprint density at radius 2 is 1.78 bits per heavy atom. The molecule has 0 bridgehead atoms. The zero-order chi connectivity index (χ0) is 18.1. The molecule has 0 aromatic rings. The molecule has 6 nitrogen and oxygen atoms in total. The minimum absolute atomic E-state index is 0.0959. The molecule has 0 spiro atoms. The summed E-state index contributed by atoms with van der Waals surface area (Å²) in [4.78, 5) is 15.0. The molecule has 0 aliphatic carbocycles. The number of rotatable bonds is 5. The fourth-order valence-electron chi connectivity index (χ4n) is 2.64. The van der Waals surface area contributed by atoms with Crippen molar-refractivity contribution in [1.29, 1.82) is 0 Å². The monoisotopic (exact) mass is 359 g/mol. The lowest BCUT2D eigenvalue weighted by Gasteiger charge is -2.47. The van der Waals surface area contributed by atoms with E-state index in [1.165, 1.54) is 23.9 Å². The van der Waals surface area contributed by atoms with Crippen molar-refractivity contribution in [2.45, 2.75) is 32.0 Å². The Labute approximate surface area is 135 Å². The second-order valence-electron chi connectivity index (χ2n) is 6.53. The third-order valence-electron chi connectivity index (χ3n) is 3.82. The molecule has 10 heteroatoms. The van der Waals surface area contributed by atoms with E-state index in [9.17, 15) is 26.4 Å². The molecule has 1 rings (SSSR count). The number of carbonyl (C=O) groups excluding carboxylic acids is 1. The van der Waals surface area contributed by atoms with E-state index in [1.54, 1.807) is 13.8 Å². The molecule has 1 fully saturated rings. The maximum atomic E-state index is 12.5. The van der Waals surface area contributed by atoms with E-state index in [2.05, 4.69) is 0 Å². The number of hydrogen-bond acceptors (Lipinski definition) is 4. The SMILES string of the molecule is CN(C)S(=O)(=O)CCC(=O)N1CCN(CC(F)(F)F)CC1(C)C. The molecule has 1 amide bonds. The van der Waals surface area contributed by atoms with Crippen molar-refractivity contribution in [2.24, 2.45) is 0 Å². The predicted octanol–water partition coefficient (Wildman–Crippen LogP) is 0.753. The van der Waals surface area contributed by atoms with Crippen molar-refractivity contribution in [2.75, 3.05) is 46.0 Å². The first-order valence-corrected chi connectivity index (χ1v) is 8.85. The number of carbonyl (C=O) groups is 1. The summed E-state index contributed by atoms with van der Waals surface area (Å²) in [7, 11) is -0.700. The van der Waals surface area contributed by atoms with E-state index in [1.807, 2.05) is 0 Å². The molecular weight excluding hydrogens is 335 g/mol. The van der Waals surface area contributed by atoms with Crippen LogP contribution in [-0.4, -0.2) is 86.2 Å². The van der Waals surface area contributed by atoms with Gasteiger partial charge in [-0.1, -0.05) is 0 Å². The molecule has 23 heavy (non-hydrogen) atoms. The molecule has 0 saturated carbocycles. The van der Waals surface area contributed by atoms with Crippen molar-refractivity contribution < 1.29 is 26.4 Å². The standard InChI is InChI=1S/C13H24F3N3O3S/c1-12(2)9-18(10-13(14,15)16)6-7-19(12)11(20)5-8-23(21,22)17(3)4/h5-10H2,1-4H3. The largest absolute Gasteiger partial charge is 0.401 e. The zero-order valence-corrected chi connectivity index (χ0v) is 14.7. The van der Waals surface area contributed by atoms with Gasteiger partial charge in [-0.25, -0.2) is 12.7 Å². The van der Waals surface area contributed by atoms with Crippen LogP contribution in [0.1, 0.15) is 20.3 Å². The van der Waals surface area contributed by atoms with Gasteiger partial charge in [0, 0.05) is 45.7 Å². The molecule has 0 N–H and O–H groups in total. The van der Waals surface area contributed by atoms with Crippen LogP contribution >= 0.6 is 0 Å². The fourth-order valence-corrected chi connectivity index (χ4v) is 3.44. The third kappa shape index (κ3) is 5.92. The summed E-state index contributed by atoms with van der Waals surface area (Å²) in [6.45, 7) is 2.74. The van der Waals surface area contributed by atoms with Crippen molar-refractivity contribution >= 4 is 15.9 Å². The van der Waals surface area contributed by atoms with Crippen LogP contribution in [0.4, 0.5) is 13.2 Å². The highest BCUT2D eigenvalue weighted by molar-refractivity contribution is 7.89. The van der Waals surface area contributed by atoms with E-state index >= 15 is 0 Å². The van der Waals surface area contributed by atoms with Gasteiger partial charge in [0.2, 0.25) is 15.9 Å². The molecule has 0 unspecified atom stereocenters. The molecule has 136 valence electrons. The highest BCUT2D eigenvalue weighted by Gasteiger charge is 2.40. The number of sulfonamides is 1. The number of halogens is 3. The quantitative estimate of drug-likeness (QED) is 0.727. The van der Waals surface area contributed by atoms with E-state index in [4.69, 9.17) is 0 Å². The summed E-state index contributed by atoms with van der Waals surface area (Å²) in [5.41, 5.74) is -0.775. The van der Waals surface area contributed by atoms with Crippen molar-refractivity contribution in [1.82, 2.24) is 14.1 Å². The van der Waals surface area contributed by atoms with Crippen LogP contribution in [0.2, 0.25) is 0 Å². The van der Waals surface area contributed by atoms with Crippen LogP contribution in [0.3, 0.4) is 0 Å². The maximum Gasteiger partial charge on any atom is 0.401 e. The summed E-state index contributed by atoms with van der Waals surface area (Å²) in [6.07, 6.45) is -4.45. The van der Waals surface area contributed by atoms with Gasteiger partial charge in [-0.05, 0) is 13.8 Å². The second-order valence-corrected chi connectivity index (χ2v) is 8.83. The van der Waals surface area contributed by atoms with E-state index < -0.39 is 28.3 Å². The first-order valence-electron chi connectivity index (χ1n) is 7.24. The fraction of sp³-hybridized carbons (Fsp3) is 0.923. The van der Waals surface area contributed by atoms with Gasteiger partial charge in [0.1, 0.15) is 0 Å². The molecule has 1 saturated heterocycles. The van der Waals surface area contributed by atoms with Crippen LogP contribution in [0, 0.1) is 0 Å². The van der Waals surface area contributed by atoms with Crippen LogP contribution < -0.4 is 0 Å². The number of piperazine rings is 1. The van der Waals surface area contributed by atoms with E-state index in [0.29, 0.717) is 0 Å². The smallest absolute Gasteiger partial charge is 0.335 e. The highest BCUT2D eigenvalue weighted by atomic mass is 32.2. The first-order chi connectivity index (χ1) is 10.2. The van der Waals surface area contributed by atoms with Gasteiger partial charge in [-0.3, -0.25) is 9.69 Å². The summed E-state index contributed by atoms with van der Waals surface area (Å²) < 4.78 is 61.9. The summed E-state index contributed by atoms with van der Waals surface area (Å²) in [5, 5.41) is 0. The topological polar surface area (TPSA) is 60.9 Å². The van der Waals surface area contributed by atoms with Crippen molar-refractivity contribution in [3.63, 3.8) is 0 Å². The Morgan fingerprint density at radius 3 is 2.22 bits per heavy atom. The lowest BCUT2D eigenvalue weighted by molar-refractivity contribution is -0.160. The molecule has 0 aromatic carbocycles. The summed E-state index contributed by atoms with van der Waals surface area (Å²) in [5.74, 6) is -0.662.